The zero-order chi connectivity index (χ0) is 10.4. The topological polar surface area (TPSA) is 110 Å². The van der Waals surface area contributed by atoms with Gasteiger partial charge in [0, 0.05) is 0 Å². The number of aryl methyl sites for hydroxylation is 1. The van der Waals surface area contributed by atoms with Crippen molar-refractivity contribution in [3.63, 3.8) is 0 Å². The quantitative estimate of drug-likeness (QED) is 0.322. The number of hydrogen-bond acceptors (Lipinski definition) is 5. The van der Waals surface area contributed by atoms with Crippen LogP contribution in [0.2, 0.25) is 0 Å². The van der Waals surface area contributed by atoms with Gasteiger partial charge in [-0.1, -0.05) is 12.1 Å². The predicted molar refractivity (Wildman–Crippen MR) is 40.3 cm³/mol. The van der Waals surface area contributed by atoms with E-state index in [0.29, 0.717) is 5.56 Å². The molecule has 0 aliphatic rings. The van der Waals surface area contributed by atoms with Crippen molar-refractivity contribution >= 4 is 7.32 Å². The fraction of sp³-hybridized carbons (Fsp3) is 0.143. The Balaban J connectivity index is -0.0000000921. The summed E-state index contributed by atoms with van der Waals surface area (Å²) in [6, 6.07) is 4.86. The van der Waals surface area contributed by atoms with Crippen molar-refractivity contribution in [1.29, 1.82) is 0 Å². The average molecular weight is 204 g/mol. The Morgan fingerprint density at radius 1 is 1.00 bits per heavy atom. The summed E-state index contributed by atoms with van der Waals surface area (Å²) in [6.07, 6.45) is 0. The standard InChI is InChI=1S/C7H8O2.BO3.3Li/c1-5-3-2-4-6(8)7(5)9;2-1(3)4;;;/h2-4,8-9H,1H3;;;;/q;-3;3*+1. The molecule has 72 valence electrons. The molecule has 0 aromatic heterocycles. The van der Waals surface area contributed by atoms with E-state index in [4.69, 9.17) is 25.3 Å². The van der Waals surface area contributed by atoms with Crippen LogP contribution in [0.1, 0.15) is 5.56 Å². The number of rotatable bonds is 0. The summed E-state index contributed by atoms with van der Waals surface area (Å²) in [6.45, 7) is 1.73. The maximum atomic E-state index is 8.96. The van der Waals surface area contributed by atoms with Crippen LogP contribution < -0.4 is 71.7 Å². The second-order valence-electron chi connectivity index (χ2n) is 2.23. The van der Waals surface area contributed by atoms with Crippen LogP contribution in [0, 0.1) is 6.92 Å². The van der Waals surface area contributed by atoms with E-state index >= 15 is 0 Å². The third kappa shape index (κ3) is 12.6. The van der Waals surface area contributed by atoms with Crippen LogP contribution in [0.4, 0.5) is 0 Å². The number of phenols is 2. The molecule has 16 heavy (non-hydrogen) atoms. The molecule has 0 fully saturated rings. The van der Waals surface area contributed by atoms with Gasteiger partial charge in [-0.15, -0.1) is 0 Å². The fourth-order valence-corrected chi connectivity index (χ4v) is 0.643. The van der Waals surface area contributed by atoms with Crippen LogP contribution in [0.25, 0.3) is 0 Å². The van der Waals surface area contributed by atoms with Crippen molar-refractivity contribution in [1.82, 2.24) is 0 Å². The molecular formula is C7H8BLi3O5. The van der Waals surface area contributed by atoms with Crippen molar-refractivity contribution < 1.29 is 81.9 Å². The van der Waals surface area contributed by atoms with Gasteiger partial charge in [0.2, 0.25) is 0 Å². The molecular weight excluding hydrogens is 196 g/mol. The summed E-state index contributed by atoms with van der Waals surface area (Å²) in [4.78, 5) is 0. The summed E-state index contributed by atoms with van der Waals surface area (Å²) in [7, 11) is -2.92. The third-order valence-corrected chi connectivity index (χ3v) is 1.22. The van der Waals surface area contributed by atoms with E-state index in [1.165, 1.54) is 6.07 Å². The van der Waals surface area contributed by atoms with E-state index < -0.39 is 7.32 Å². The second kappa shape index (κ2) is 13.6. The summed E-state index contributed by atoms with van der Waals surface area (Å²) in [5.74, 6) is -0.0903. The minimum atomic E-state index is -2.92. The van der Waals surface area contributed by atoms with E-state index in [1.54, 1.807) is 19.1 Å². The molecule has 1 rings (SSSR count). The van der Waals surface area contributed by atoms with Gasteiger partial charge in [0.05, 0.1) is 0 Å². The first kappa shape index (κ1) is 25.4. The Hall–Kier alpha value is 0.557. The van der Waals surface area contributed by atoms with Gasteiger partial charge in [0.15, 0.2) is 11.5 Å². The molecule has 0 amide bonds. The van der Waals surface area contributed by atoms with Crippen LogP contribution in [0.5, 0.6) is 11.5 Å². The minimum absolute atomic E-state index is 0. The normalized spacial score (nSPS) is 7.00. The number of para-hydroxylation sites is 1. The van der Waals surface area contributed by atoms with E-state index in [-0.39, 0.29) is 68.1 Å². The fourth-order valence-electron chi connectivity index (χ4n) is 0.643. The van der Waals surface area contributed by atoms with Gasteiger partial charge in [0.25, 0.3) is 0 Å². The van der Waals surface area contributed by atoms with E-state index in [9.17, 15) is 0 Å². The van der Waals surface area contributed by atoms with Crippen molar-refractivity contribution in [3.05, 3.63) is 23.8 Å². The zero-order valence-corrected chi connectivity index (χ0v) is 9.93. The summed E-state index contributed by atoms with van der Waals surface area (Å²) < 4.78 is 0. The maximum absolute atomic E-state index is 8.96. The molecule has 0 saturated heterocycles. The van der Waals surface area contributed by atoms with E-state index in [0.717, 1.165) is 0 Å². The summed E-state index contributed by atoms with van der Waals surface area (Å²) >= 11 is 0. The Labute approximate surface area is 131 Å². The first-order chi connectivity index (χ1) is 5.95. The first-order valence-electron chi connectivity index (χ1n) is 3.40. The Kier molecular flexibility index (Phi) is 21.6. The molecule has 0 bridgehead atoms. The van der Waals surface area contributed by atoms with Crippen molar-refractivity contribution in [2.24, 2.45) is 0 Å². The van der Waals surface area contributed by atoms with Crippen LogP contribution in [0.3, 0.4) is 0 Å². The van der Waals surface area contributed by atoms with Gasteiger partial charge in [-0.05, 0) is 18.6 Å². The SMILES string of the molecule is Cc1cccc(O)c1O.[Li+].[Li+].[Li+].[O-]B([O-])[O-]. The Morgan fingerprint density at radius 2 is 1.38 bits per heavy atom. The average Bonchev–Trinajstić information content (AvgIpc) is 1.99. The van der Waals surface area contributed by atoms with E-state index in [2.05, 4.69) is 0 Å². The molecule has 0 atom stereocenters. The molecule has 0 aliphatic carbocycles. The van der Waals surface area contributed by atoms with E-state index in [1.807, 2.05) is 0 Å². The summed E-state index contributed by atoms with van der Waals surface area (Å²) in [5, 5.41) is 43.1. The predicted octanol–water partition coefficient (Wildman–Crippen LogP) is -11.5. The Morgan fingerprint density at radius 3 is 1.62 bits per heavy atom. The molecule has 0 aliphatic heterocycles. The van der Waals surface area contributed by atoms with Crippen LogP contribution in [0.15, 0.2) is 18.2 Å². The zero-order valence-electron chi connectivity index (χ0n) is 9.93. The smallest absolute Gasteiger partial charge is 0.907 e. The summed E-state index contributed by atoms with van der Waals surface area (Å²) in [5.41, 5.74) is 0.690. The molecule has 2 N–H and O–H groups in total. The monoisotopic (exact) mass is 204 g/mol. The molecule has 9 heteroatoms. The largest absolute Gasteiger partial charge is 1.00 e. The molecule has 0 unspecified atom stereocenters. The van der Waals surface area contributed by atoms with Crippen molar-refractivity contribution in [2.45, 2.75) is 6.92 Å². The van der Waals surface area contributed by atoms with Crippen molar-refractivity contribution in [2.75, 3.05) is 0 Å². The van der Waals surface area contributed by atoms with Gasteiger partial charge in [-0.2, -0.15) is 0 Å². The van der Waals surface area contributed by atoms with Crippen LogP contribution in [-0.2, 0) is 0 Å². The number of hydrogen-bond donors (Lipinski definition) is 2. The molecule has 0 saturated carbocycles. The molecule has 0 spiro atoms. The number of phenolic OH excluding ortho intramolecular Hbond substituents is 2. The molecule has 5 nitrogen and oxygen atoms in total. The molecule has 0 radical (unpaired) electrons. The van der Waals surface area contributed by atoms with Gasteiger partial charge in [-0.3, -0.25) is 7.32 Å². The van der Waals surface area contributed by atoms with Gasteiger partial charge in [0.1, 0.15) is 0 Å². The van der Waals surface area contributed by atoms with Crippen LogP contribution in [-0.4, -0.2) is 17.5 Å². The molecule has 0 heterocycles. The van der Waals surface area contributed by atoms with Gasteiger partial charge in [-0.25, -0.2) is 0 Å². The third-order valence-electron chi connectivity index (χ3n) is 1.22. The maximum Gasteiger partial charge on any atom is 1.00 e. The second-order valence-corrected chi connectivity index (χ2v) is 2.23. The molecule has 1 aromatic carbocycles. The van der Waals surface area contributed by atoms with Gasteiger partial charge >= 0.3 is 56.6 Å². The van der Waals surface area contributed by atoms with Crippen molar-refractivity contribution in [3.8, 4) is 11.5 Å². The minimum Gasteiger partial charge on any atom is -0.907 e. The van der Waals surface area contributed by atoms with Crippen LogP contribution >= 0.6 is 0 Å². The first-order valence-corrected chi connectivity index (χ1v) is 3.40. The van der Waals surface area contributed by atoms with Gasteiger partial charge < -0.3 is 25.3 Å². The number of benzene rings is 1. The molecule has 1 aromatic rings. The number of aromatic hydroxyl groups is 2. The Bertz CT molecular complexity index is 251.